The molecule has 1 atom stereocenters. The minimum atomic E-state index is -1.28. The number of aliphatic carboxylic acids is 1. The van der Waals surface area contributed by atoms with Crippen LogP contribution in [0, 0.1) is 0 Å². The number of hydrogen-bond donors (Lipinski definition) is 2. The van der Waals surface area contributed by atoms with Crippen LogP contribution < -0.4 is 10.1 Å². The smallest absolute Gasteiger partial charge is 0.347 e. The standard InChI is InChI=1S/C21H31N3O4/c1-21(2,20(26)27)28-18-7-3-5-16(13-18)17-6-4-10-24(14-17)19(25)15-23-11-8-22-9-12-23/h3,5,7,13,17,22H,4,6,8-12,14-15H2,1-2H3,(H,26,27). The lowest BCUT2D eigenvalue weighted by atomic mass is 9.90. The van der Waals surface area contributed by atoms with Crippen molar-refractivity contribution < 1.29 is 19.4 Å². The highest BCUT2D eigenvalue weighted by molar-refractivity contribution is 5.78. The molecule has 154 valence electrons. The first-order valence-electron chi connectivity index (χ1n) is 10.1. The Labute approximate surface area is 166 Å². The number of nitrogens with one attached hydrogen (secondary N) is 1. The number of ether oxygens (including phenoxy) is 1. The summed E-state index contributed by atoms with van der Waals surface area (Å²) < 4.78 is 5.68. The zero-order valence-corrected chi connectivity index (χ0v) is 16.8. The Morgan fingerprint density at radius 2 is 2.00 bits per heavy atom. The average Bonchev–Trinajstić information content (AvgIpc) is 2.68. The Morgan fingerprint density at radius 3 is 2.71 bits per heavy atom. The summed E-state index contributed by atoms with van der Waals surface area (Å²) in [7, 11) is 0. The number of carbonyl (C=O) groups is 2. The molecule has 1 aromatic rings. The SMILES string of the molecule is CC(C)(Oc1cccc(C2CCCN(C(=O)CN3CCNCC3)C2)c1)C(=O)O. The summed E-state index contributed by atoms with van der Waals surface area (Å²) in [6.45, 7) is 8.80. The fourth-order valence-corrected chi connectivity index (χ4v) is 3.81. The minimum absolute atomic E-state index is 0.200. The fourth-order valence-electron chi connectivity index (χ4n) is 3.81. The first-order valence-corrected chi connectivity index (χ1v) is 10.1. The molecule has 2 N–H and O–H groups in total. The van der Waals surface area contributed by atoms with Crippen LogP contribution in [0.2, 0.25) is 0 Å². The normalized spacial score (nSPS) is 21.4. The molecule has 0 saturated carbocycles. The molecule has 1 amide bonds. The number of piperidine rings is 1. The van der Waals surface area contributed by atoms with Crippen LogP contribution in [0.1, 0.15) is 38.2 Å². The van der Waals surface area contributed by atoms with Crippen molar-refractivity contribution in [3.8, 4) is 5.75 Å². The van der Waals surface area contributed by atoms with Crippen LogP contribution in [0.4, 0.5) is 0 Å². The van der Waals surface area contributed by atoms with Gasteiger partial charge in [-0.15, -0.1) is 0 Å². The summed E-state index contributed by atoms with van der Waals surface area (Å²) in [5.41, 5.74) is -0.186. The molecule has 1 aromatic carbocycles. The van der Waals surface area contributed by atoms with E-state index in [9.17, 15) is 14.7 Å². The lowest BCUT2D eigenvalue weighted by Crippen LogP contribution is -2.49. The van der Waals surface area contributed by atoms with Crippen LogP contribution in [0.3, 0.4) is 0 Å². The van der Waals surface area contributed by atoms with Gasteiger partial charge in [0.05, 0.1) is 6.54 Å². The summed E-state index contributed by atoms with van der Waals surface area (Å²) in [6, 6.07) is 7.63. The van der Waals surface area contributed by atoms with Crippen LogP contribution in [0.25, 0.3) is 0 Å². The van der Waals surface area contributed by atoms with Crippen molar-refractivity contribution in [3.63, 3.8) is 0 Å². The molecule has 2 aliphatic heterocycles. The Balaban J connectivity index is 1.62. The Hall–Kier alpha value is -2.12. The van der Waals surface area contributed by atoms with Gasteiger partial charge in [0, 0.05) is 45.2 Å². The lowest BCUT2D eigenvalue weighted by Gasteiger charge is -2.35. The highest BCUT2D eigenvalue weighted by Crippen LogP contribution is 2.30. The van der Waals surface area contributed by atoms with Gasteiger partial charge in [-0.2, -0.15) is 0 Å². The highest BCUT2D eigenvalue weighted by atomic mass is 16.5. The Kier molecular flexibility index (Phi) is 6.57. The Bertz CT molecular complexity index is 701. The van der Waals surface area contributed by atoms with Crippen molar-refractivity contribution in [2.75, 3.05) is 45.8 Å². The second-order valence-corrected chi connectivity index (χ2v) is 8.20. The van der Waals surface area contributed by atoms with E-state index in [1.165, 1.54) is 0 Å². The maximum atomic E-state index is 12.7. The van der Waals surface area contributed by atoms with Crippen LogP contribution in [-0.4, -0.2) is 78.2 Å². The van der Waals surface area contributed by atoms with Gasteiger partial charge in [0.2, 0.25) is 5.91 Å². The van der Waals surface area contributed by atoms with Crippen LogP contribution in [0.5, 0.6) is 5.75 Å². The minimum Gasteiger partial charge on any atom is -0.478 e. The zero-order valence-electron chi connectivity index (χ0n) is 16.8. The van der Waals surface area contributed by atoms with Crippen molar-refractivity contribution in [3.05, 3.63) is 29.8 Å². The molecule has 0 radical (unpaired) electrons. The number of carboxylic acids is 1. The number of amides is 1. The van der Waals surface area contributed by atoms with Crippen LogP contribution in [-0.2, 0) is 9.59 Å². The molecule has 2 fully saturated rings. The summed E-state index contributed by atoms with van der Waals surface area (Å²) >= 11 is 0. The number of nitrogens with zero attached hydrogens (tertiary/aromatic N) is 2. The monoisotopic (exact) mass is 389 g/mol. The molecule has 2 aliphatic rings. The number of hydrogen-bond acceptors (Lipinski definition) is 5. The van der Waals surface area contributed by atoms with Gasteiger partial charge in [-0.3, -0.25) is 9.69 Å². The van der Waals surface area contributed by atoms with Gasteiger partial charge in [-0.1, -0.05) is 12.1 Å². The van der Waals surface area contributed by atoms with Crippen LogP contribution >= 0.6 is 0 Å². The van der Waals surface area contributed by atoms with Crippen molar-refractivity contribution in [1.29, 1.82) is 0 Å². The van der Waals surface area contributed by atoms with Crippen molar-refractivity contribution in [2.24, 2.45) is 0 Å². The molecule has 2 saturated heterocycles. The third-order valence-electron chi connectivity index (χ3n) is 5.56. The summed E-state index contributed by atoms with van der Waals surface area (Å²) in [4.78, 5) is 28.3. The summed E-state index contributed by atoms with van der Waals surface area (Å²) in [5, 5.41) is 12.6. The summed E-state index contributed by atoms with van der Waals surface area (Å²) in [5.74, 6) is -0.00218. The molecular formula is C21H31N3O4. The molecule has 2 heterocycles. The number of rotatable bonds is 6. The van der Waals surface area contributed by atoms with Gasteiger partial charge in [0.1, 0.15) is 5.75 Å². The maximum Gasteiger partial charge on any atom is 0.347 e. The van der Waals surface area contributed by atoms with Gasteiger partial charge in [0.25, 0.3) is 0 Å². The molecule has 0 bridgehead atoms. The molecule has 1 unspecified atom stereocenters. The molecule has 0 aromatic heterocycles. The zero-order chi connectivity index (χ0) is 20.1. The first-order chi connectivity index (χ1) is 13.3. The fraction of sp³-hybridized carbons (Fsp3) is 0.619. The second kappa shape index (κ2) is 8.92. The van der Waals surface area contributed by atoms with E-state index in [-0.39, 0.29) is 11.8 Å². The van der Waals surface area contributed by atoms with E-state index in [1.807, 2.05) is 23.1 Å². The number of benzene rings is 1. The van der Waals surface area contributed by atoms with Gasteiger partial charge < -0.3 is 20.1 Å². The summed E-state index contributed by atoms with van der Waals surface area (Å²) in [6.07, 6.45) is 1.99. The van der Waals surface area contributed by atoms with Crippen molar-refractivity contribution >= 4 is 11.9 Å². The average molecular weight is 389 g/mol. The molecule has 7 heteroatoms. The van der Waals surface area contributed by atoms with E-state index in [0.29, 0.717) is 18.8 Å². The Morgan fingerprint density at radius 1 is 1.25 bits per heavy atom. The van der Waals surface area contributed by atoms with E-state index >= 15 is 0 Å². The molecule has 0 aliphatic carbocycles. The molecule has 28 heavy (non-hydrogen) atoms. The molecule has 7 nitrogen and oxygen atoms in total. The van der Waals surface area contributed by atoms with E-state index < -0.39 is 11.6 Å². The van der Waals surface area contributed by atoms with E-state index in [4.69, 9.17) is 4.74 Å². The first kappa shape index (κ1) is 20.6. The van der Waals surface area contributed by atoms with Gasteiger partial charge in [-0.25, -0.2) is 4.79 Å². The maximum absolute atomic E-state index is 12.7. The molecule has 0 spiro atoms. The van der Waals surface area contributed by atoms with Gasteiger partial charge >= 0.3 is 5.97 Å². The lowest BCUT2D eigenvalue weighted by molar-refractivity contribution is -0.152. The number of likely N-dealkylation sites (tertiary alicyclic amines) is 1. The third kappa shape index (κ3) is 5.23. The third-order valence-corrected chi connectivity index (χ3v) is 5.56. The second-order valence-electron chi connectivity index (χ2n) is 8.20. The number of piperazine rings is 1. The van der Waals surface area contributed by atoms with Gasteiger partial charge in [-0.05, 0) is 44.4 Å². The predicted molar refractivity (Wildman–Crippen MR) is 107 cm³/mol. The quantitative estimate of drug-likeness (QED) is 0.768. The topological polar surface area (TPSA) is 82.1 Å². The van der Waals surface area contributed by atoms with Crippen molar-refractivity contribution in [2.45, 2.75) is 38.2 Å². The number of carboxylic acid groups (broad SMARTS) is 1. The largest absolute Gasteiger partial charge is 0.478 e. The van der Waals surface area contributed by atoms with Crippen LogP contribution in [0.15, 0.2) is 24.3 Å². The predicted octanol–water partition coefficient (Wildman–Crippen LogP) is 1.54. The van der Waals surface area contributed by atoms with E-state index in [2.05, 4.69) is 10.2 Å². The van der Waals surface area contributed by atoms with Crippen molar-refractivity contribution in [1.82, 2.24) is 15.1 Å². The van der Waals surface area contributed by atoms with Gasteiger partial charge in [0.15, 0.2) is 5.60 Å². The highest BCUT2D eigenvalue weighted by Gasteiger charge is 2.30. The number of carbonyl (C=O) groups excluding carboxylic acids is 1. The molecule has 3 rings (SSSR count). The van der Waals surface area contributed by atoms with E-state index in [1.54, 1.807) is 19.9 Å². The molecular weight excluding hydrogens is 358 g/mol. The van der Waals surface area contributed by atoms with E-state index in [0.717, 1.165) is 51.1 Å².